The maximum absolute atomic E-state index is 10.8. The van der Waals surface area contributed by atoms with E-state index in [0.29, 0.717) is 12.4 Å². The summed E-state index contributed by atoms with van der Waals surface area (Å²) in [6.07, 6.45) is 1.83. The Hall–Kier alpha value is -1.78. The molecule has 1 N–H and O–H groups in total. The summed E-state index contributed by atoms with van der Waals surface area (Å²) in [6, 6.07) is 4.86. The minimum Gasteiger partial charge on any atom is -0.487 e. The molecule has 1 aromatic carbocycles. The van der Waals surface area contributed by atoms with Crippen LogP contribution in [0, 0.1) is 10.1 Å². The van der Waals surface area contributed by atoms with Gasteiger partial charge in [0, 0.05) is 24.4 Å². The van der Waals surface area contributed by atoms with E-state index in [4.69, 9.17) is 4.74 Å². The largest absolute Gasteiger partial charge is 0.487 e. The Labute approximate surface area is 101 Å². The van der Waals surface area contributed by atoms with Gasteiger partial charge in [0.05, 0.1) is 11.5 Å². The van der Waals surface area contributed by atoms with E-state index < -0.39 is 4.92 Å². The molecule has 5 heteroatoms. The van der Waals surface area contributed by atoms with Crippen LogP contribution in [-0.4, -0.2) is 18.1 Å². The van der Waals surface area contributed by atoms with Gasteiger partial charge in [-0.05, 0) is 18.9 Å². The smallest absolute Gasteiger partial charge is 0.311 e. The lowest BCUT2D eigenvalue weighted by atomic mass is 10.2. The number of benzene rings is 1. The molecule has 0 atom stereocenters. The van der Waals surface area contributed by atoms with E-state index in [1.807, 2.05) is 6.92 Å². The molecule has 0 unspecified atom stereocenters. The third-order valence-electron chi connectivity index (χ3n) is 2.20. The van der Waals surface area contributed by atoms with Crippen molar-refractivity contribution in [3.63, 3.8) is 0 Å². The van der Waals surface area contributed by atoms with Crippen molar-refractivity contribution in [2.75, 3.05) is 18.5 Å². The van der Waals surface area contributed by atoms with Crippen LogP contribution in [0.15, 0.2) is 18.2 Å². The molecule has 0 aromatic heterocycles. The number of nitro benzene ring substituents is 1. The molecule has 0 saturated heterocycles. The van der Waals surface area contributed by atoms with Crippen LogP contribution in [0.25, 0.3) is 0 Å². The predicted molar refractivity (Wildman–Crippen MR) is 67.7 cm³/mol. The number of nitrogens with zero attached hydrogens (tertiary/aromatic N) is 1. The number of nitrogens with one attached hydrogen (secondary N) is 1. The van der Waals surface area contributed by atoms with Crippen molar-refractivity contribution < 1.29 is 9.66 Å². The molecular formula is C12H18N2O3. The monoisotopic (exact) mass is 238 g/mol. The molecule has 17 heavy (non-hydrogen) atoms. The van der Waals surface area contributed by atoms with Gasteiger partial charge in [-0.25, -0.2) is 0 Å². The van der Waals surface area contributed by atoms with E-state index in [1.165, 1.54) is 6.07 Å². The predicted octanol–water partition coefficient (Wildman–Crippen LogP) is 3.21. The van der Waals surface area contributed by atoms with Crippen LogP contribution in [0.5, 0.6) is 5.75 Å². The summed E-state index contributed by atoms with van der Waals surface area (Å²) in [4.78, 5) is 10.4. The highest BCUT2D eigenvalue weighted by molar-refractivity contribution is 5.57. The number of nitro groups is 1. The summed E-state index contributed by atoms with van der Waals surface area (Å²) in [6.45, 7) is 5.35. The van der Waals surface area contributed by atoms with Gasteiger partial charge in [0.2, 0.25) is 0 Å². The lowest BCUT2D eigenvalue weighted by Gasteiger charge is -2.09. The second-order valence-electron chi connectivity index (χ2n) is 3.71. The van der Waals surface area contributed by atoms with E-state index >= 15 is 0 Å². The van der Waals surface area contributed by atoms with Crippen molar-refractivity contribution in [3.05, 3.63) is 28.3 Å². The first-order valence-corrected chi connectivity index (χ1v) is 5.84. The van der Waals surface area contributed by atoms with Crippen LogP contribution >= 0.6 is 0 Å². The summed E-state index contributed by atoms with van der Waals surface area (Å²) >= 11 is 0. The maximum atomic E-state index is 10.8. The molecule has 0 heterocycles. The van der Waals surface area contributed by atoms with E-state index in [0.717, 1.165) is 25.1 Å². The summed E-state index contributed by atoms with van der Waals surface area (Å²) < 4.78 is 5.39. The lowest BCUT2D eigenvalue weighted by molar-refractivity contribution is -0.385. The highest BCUT2D eigenvalue weighted by atomic mass is 16.6. The van der Waals surface area contributed by atoms with E-state index in [-0.39, 0.29) is 5.69 Å². The minimum absolute atomic E-state index is 0.0144. The molecule has 0 radical (unpaired) electrons. The van der Waals surface area contributed by atoms with Crippen LogP contribution < -0.4 is 10.1 Å². The molecule has 0 spiro atoms. The molecule has 0 fully saturated rings. The van der Waals surface area contributed by atoms with E-state index in [2.05, 4.69) is 12.2 Å². The highest BCUT2D eigenvalue weighted by Crippen LogP contribution is 2.30. The third kappa shape index (κ3) is 3.94. The Morgan fingerprint density at radius 3 is 2.71 bits per heavy atom. The van der Waals surface area contributed by atoms with E-state index in [9.17, 15) is 10.1 Å². The molecule has 1 rings (SSSR count). The average molecular weight is 238 g/mol. The van der Waals surface area contributed by atoms with Gasteiger partial charge >= 0.3 is 5.69 Å². The maximum Gasteiger partial charge on any atom is 0.311 e. The SMILES string of the molecule is CCCNc1ccc([N+](=O)[O-])c(OCCC)c1. The normalized spacial score (nSPS) is 10.0. The number of anilines is 1. The van der Waals surface area contributed by atoms with Gasteiger partial charge in [0.1, 0.15) is 0 Å². The van der Waals surface area contributed by atoms with Crippen LogP contribution in [0.3, 0.4) is 0 Å². The number of hydrogen-bond acceptors (Lipinski definition) is 4. The summed E-state index contributed by atoms with van der Waals surface area (Å²) in [5.74, 6) is 0.331. The Morgan fingerprint density at radius 1 is 1.35 bits per heavy atom. The van der Waals surface area contributed by atoms with Crippen LogP contribution in [0.4, 0.5) is 11.4 Å². The molecule has 94 valence electrons. The van der Waals surface area contributed by atoms with Gasteiger partial charge in [-0.2, -0.15) is 0 Å². The molecule has 0 aliphatic rings. The third-order valence-corrected chi connectivity index (χ3v) is 2.20. The summed E-state index contributed by atoms with van der Waals surface area (Å²) in [5.41, 5.74) is 0.865. The van der Waals surface area contributed by atoms with E-state index in [1.54, 1.807) is 12.1 Å². The molecule has 0 amide bonds. The van der Waals surface area contributed by atoms with Gasteiger partial charge in [0.15, 0.2) is 5.75 Å². The average Bonchev–Trinajstić information content (AvgIpc) is 2.33. The molecule has 0 bridgehead atoms. The number of rotatable bonds is 7. The van der Waals surface area contributed by atoms with Gasteiger partial charge < -0.3 is 10.1 Å². The highest BCUT2D eigenvalue weighted by Gasteiger charge is 2.15. The van der Waals surface area contributed by atoms with Crippen molar-refractivity contribution >= 4 is 11.4 Å². The Balaban J connectivity index is 2.88. The first-order valence-electron chi connectivity index (χ1n) is 5.84. The topological polar surface area (TPSA) is 64.4 Å². The van der Waals surface area contributed by atoms with Gasteiger partial charge in [-0.1, -0.05) is 13.8 Å². The van der Waals surface area contributed by atoms with Crippen molar-refractivity contribution in [1.82, 2.24) is 0 Å². The zero-order valence-electron chi connectivity index (χ0n) is 10.2. The standard InChI is InChI=1S/C12H18N2O3/c1-3-7-13-10-5-6-11(14(15)16)12(9-10)17-8-4-2/h5-6,9,13H,3-4,7-8H2,1-2H3. The quantitative estimate of drug-likeness (QED) is 0.585. The minimum atomic E-state index is -0.422. The molecule has 0 saturated carbocycles. The summed E-state index contributed by atoms with van der Waals surface area (Å²) in [7, 11) is 0. The van der Waals surface area contributed by atoms with Crippen LogP contribution in [-0.2, 0) is 0 Å². The van der Waals surface area contributed by atoms with Gasteiger partial charge in [0.25, 0.3) is 0 Å². The molecular weight excluding hydrogens is 220 g/mol. The Morgan fingerprint density at radius 2 is 2.12 bits per heavy atom. The first kappa shape index (κ1) is 13.3. The van der Waals surface area contributed by atoms with Crippen molar-refractivity contribution in [2.45, 2.75) is 26.7 Å². The molecule has 5 nitrogen and oxygen atoms in total. The van der Waals surface area contributed by atoms with Gasteiger partial charge in [-0.3, -0.25) is 10.1 Å². The lowest BCUT2D eigenvalue weighted by Crippen LogP contribution is -2.03. The summed E-state index contributed by atoms with van der Waals surface area (Å²) in [5, 5.41) is 14.0. The van der Waals surface area contributed by atoms with Crippen molar-refractivity contribution in [2.24, 2.45) is 0 Å². The second kappa shape index (κ2) is 6.73. The fraction of sp³-hybridized carbons (Fsp3) is 0.500. The van der Waals surface area contributed by atoms with Crippen LogP contribution in [0.1, 0.15) is 26.7 Å². The zero-order valence-corrected chi connectivity index (χ0v) is 10.2. The Bertz CT molecular complexity index is 380. The molecule has 0 aliphatic heterocycles. The van der Waals surface area contributed by atoms with Crippen LogP contribution in [0.2, 0.25) is 0 Å². The fourth-order valence-corrected chi connectivity index (χ4v) is 1.37. The first-order chi connectivity index (χ1) is 8.19. The number of ether oxygens (including phenoxy) is 1. The zero-order chi connectivity index (χ0) is 12.7. The molecule has 0 aliphatic carbocycles. The second-order valence-corrected chi connectivity index (χ2v) is 3.71. The van der Waals surface area contributed by atoms with Gasteiger partial charge in [-0.15, -0.1) is 0 Å². The molecule has 1 aromatic rings. The van der Waals surface area contributed by atoms with Crippen molar-refractivity contribution in [1.29, 1.82) is 0 Å². The Kier molecular flexibility index (Phi) is 5.26. The fourth-order valence-electron chi connectivity index (χ4n) is 1.37. The number of hydrogen-bond donors (Lipinski definition) is 1. The van der Waals surface area contributed by atoms with Crippen molar-refractivity contribution in [3.8, 4) is 5.75 Å².